The number of rotatable bonds is 77. The second kappa shape index (κ2) is 69.4. The van der Waals surface area contributed by atoms with E-state index in [1.54, 1.807) is 0 Å². The molecule has 3 N–H and O–H groups in total. The standard InChI is InChI=1S/C79H154O17P2/c1-8-10-11-12-13-14-15-16-17-18-19-20-21-22-23-24-25-26-31-41-48-55-62-78(83)95-74(66-89-76(81)60-53-46-39-30-28-27-29-36-43-50-57-70(3)4)68-93-97(85,86)91-64-73(80)65-92-98(87,88)94-69-75(67-90-77(82)61-54-47-40-34-32-37-44-51-58-71(5)6)96-79(84)63-56-49-42-35-33-38-45-52-59-72(7)9-2/h70-75,80H,8-69H2,1-7H3,(H,85,86)(H,87,88)/t72?,73-,74-,75-/m1/s1. The number of aliphatic hydroxyl groups is 1. The zero-order valence-corrected chi connectivity index (χ0v) is 66.0. The molecule has 0 aliphatic heterocycles. The lowest BCUT2D eigenvalue weighted by Gasteiger charge is -2.21. The SMILES string of the molecule is CCCCCCCCCCCCCCCCCCCCCCCCC(=O)O[C@H](COC(=O)CCCCCCCCCCCCC(C)C)COP(=O)(O)OC[C@@H](O)COP(=O)(O)OC[C@@H](COC(=O)CCCCCCCCCCC(C)C)OC(=O)CCCCCCCCCCC(C)CC. The van der Waals surface area contributed by atoms with Crippen LogP contribution in [0.25, 0.3) is 0 Å². The van der Waals surface area contributed by atoms with Crippen LogP contribution in [0.5, 0.6) is 0 Å². The van der Waals surface area contributed by atoms with Gasteiger partial charge in [0.1, 0.15) is 19.3 Å². The fraction of sp³-hybridized carbons (Fsp3) is 0.949. The molecule has 0 radical (unpaired) electrons. The van der Waals surface area contributed by atoms with Crippen LogP contribution in [0.15, 0.2) is 0 Å². The van der Waals surface area contributed by atoms with Gasteiger partial charge < -0.3 is 33.8 Å². The van der Waals surface area contributed by atoms with Crippen LogP contribution in [-0.4, -0.2) is 96.7 Å². The molecule has 0 aliphatic rings. The third kappa shape index (κ3) is 71.1. The number of aliphatic hydroxyl groups excluding tert-OH is 1. The van der Waals surface area contributed by atoms with Crippen molar-refractivity contribution < 1.29 is 80.2 Å². The average molecular weight is 1440 g/mol. The summed E-state index contributed by atoms with van der Waals surface area (Å²) in [4.78, 5) is 72.9. The largest absolute Gasteiger partial charge is 0.472 e. The monoisotopic (exact) mass is 1440 g/mol. The molecule has 0 aliphatic carbocycles. The first-order chi connectivity index (χ1) is 47.3. The Morgan fingerprint density at radius 2 is 0.520 bits per heavy atom. The predicted octanol–water partition coefficient (Wildman–Crippen LogP) is 23.4. The molecule has 19 heteroatoms. The van der Waals surface area contributed by atoms with Crippen LogP contribution in [0.4, 0.5) is 0 Å². The fourth-order valence-corrected chi connectivity index (χ4v) is 13.7. The van der Waals surface area contributed by atoms with E-state index in [0.717, 1.165) is 108 Å². The number of phosphoric ester groups is 2. The number of ether oxygens (including phenoxy) is 4. The Morgan fingerprint density at radius 3 is 0.776 bits per heavy atom. The lowest BCUT2D eigenvalue weighted by atomic mass is 9.99. The summed E-state index contributed by atoms with van der Waals surface area (Å²) in [6.07, 6.45) is 57.1. The highest BCUT2D eigenvalue weighted by Crippen LogP contribution is 2.45. The molecule has 0 aromatic heterocycles. The van der Waals surface area contributed by atoms with Gasteiger partial charge in [0, 0.05) is 25.7 Å². The van der Waals surface area contributed by atoms with Crippen molar-refractivity contribution in [1.29, 1.82) is 0 Å². The highest BCUT2D eigenvalue weighted by atomic mass is 31.2. The smallest absolute Gasteiger partial charge is 0.462 e. The summed E-state index contributed by atoms with van der Waals surface area (Å²) in [5.41, 5.74) is 0. The maximum Gasteiger partial charge on any atom is 0.472 e. The average Bonchev–Trinajstić information content (AvgIpc) is 1.33. The van der Waals surface area contributed by atoms with Crippen molar-refractivity contribution in [2.75, 3.05) is 39.6 Å². The molecule has 0 aromatic rings. The molecule has 0 spiro atoms. The Kier molecular flexibility index (Phi) is 68.1. The number of esters is 4. The van der Waals surface area contributed by atoms with Crippen molar-refractivity contribution in [2.45, 2.75) is 426 Å². The summed E-state index contributed by atoms with van der Waals surface area (Å²) in [5, 5.41) is 10.6. The lowest BCUT2D eigenvalue weighted by Crippen LogP contribution is -2.30. The van der Waals surface area contributed by atoms with Crippen LogP contribution in [0.3, 0.4) is 0 Å². The van der Waals surface area contributed by atoms with Gasteiger partial charge in [0.25, 0.3) is 0 Å². The molecule has 17 nitrogen and oxygen atoms in total. The summed E-state index contributed by atoms with van der Waals surface area (Å²) >= 11 is 0. The summed E-state index contributed by atoms with van der Waals surface area (Å²) < 4.78 is 68.6. The van der Waals surface area contributed by atoms with Gasteiger partial charge in [-0.1, -0.05) is 357 Å². The zero-order chi connectivity index (χ0) is 72.3. The van der Waals surface area contributed by atoms with Gasteiger partial charge in [-0.2, -0.15) is 0 Å². The van der Waals surface area contributed by atoms with Gasteiger partial charge in [0.2, 0.25) is 0 Å². The first-order valence-corrected chi connectivity index (χ1v) is 43.9. The Labute approximate surface area is 600 Å². The molecular formula is C79H154O17P2. The van der Waals surface area contributed by atoms with E-state index in [0.29, 0.717) is 25.7 Å². The van der Waals surface area contributed by atoms with Gasteiger partial charge in [-0.15, -0.1) is 0 Å². The summed E-state index contributed by atoms with van der Waals surface area (Å²) in [7, 11) is -9.92. The van der Waals surface area contributed by atoms with Gasteiger partial charge >= 0.3 is 39.5 Å². The molecule has 0 heterocycles. The number of carbonyl (C=O) groups excluding carboxylic acids is 4. The van der Waals surface area contributed by atoms with E-state index < -0.39 is 97.5 Å². The Morgan fingerprint density at radius 1 is 0.296 bits per heavy atom. The van der Waals surface area contributed by atoms with E-state index in [9.17, 15) is 43.2 Å². The van der Waals surface area contributed by atoms with Crippen molar-refractivity contribution in [1.82, 2.24) is 0 Å². The number of hydrogen-bond acceptors (Lipinski definition) is 15. The van der Waals surface area contributed by atoms with Gasteiger partial charge in [0.05, 0.1) is 26.4 Å². The second-order valence-corrected chi connectivity index (χ2v) is 32.6. The summed E-state index contributed by atoms with van der Waals surface area (Å²) in [5.74, 6) is 0.136. The molecule has 0 rings (SSSR count). The minimum Gasteiger partial charge on any atom is -0.462 e. The maximum absolute atomic E-state index is 13.1. The number of unbranched alkanes of at least 4 members (excludes halogenated alkanes) is 44. The van der Waals surface area contributed by atoms with Gasteiger partial charge in [-0.3, -0.25) is 37.3 Å². The molecule has 0 bridgehead atoms. The number of phosphoric acid groups is 2. The predicted molar refractivity (Wildman–Crippen MR) is 400 cm³/mol. The lowest BCUT2D eigenvalue weighted by molar-refractivity contribution is -0.161. The number of carbonyl (C=O) groups is 4. The highest BCUT2D eigenvalue weighted by Gasteiger charge is 2.30. The minimum atomic E-state index is -4.96. The number of hydrogen-bond donors (Lipinski definition) is 3. The summed E-state index contributed by atoms with van der Waals surface area (Å²) in [6.45, 7) is 11.9. The highest BCUT2D eigenvalue weighted by molar-refractivity contribution is 7.47. The molecule has 98 heavy (non-hydrogen) atoms. The van der Waals surface area contributed by atoms with Crippen molar-refractivity contribution in [3.8, 4) is 0 Å². The Balaban J connectivity index is 5.20. The van der Waals surface area contributed by atoms with E-state index in [2.05, 4.69) is 48.5 Å². The van der Waals surface area contributed by atoms with E-state index in [1.807, 2.05) is 0 Å². The molecule has 0 amide bonds. The van der Waals surface area contributed by atoms with Crippen molar-refractivity contribution in [2.24, 2.45) is 17.8 Å². The third-order valence-corrected chi connectivity index (χ3v) is 20.6. The zero-order valence-electron chi connectivity index (χ0n) is 64.3. The van der Waals surface area contributed by atoms with Crippen molar-refractivity contribution >= 4 is 39.5 Å². The van der Waals surface area contributed by atoms with E-state index >= 15 is 0 Å². The second-order valence-electron chi connectivity index (χ2n) is 29.6. The molecule has 0 saturated heterocycles. The molecule has 0 fully saturated rings. The van der Waals surface area contributed by atoms with Crippen molar-refractivity contribution in [3.63, 3.8) is 0 Å². The van der Waals surface area contributed by atoms with Crippen molar-refractivity contribution in [3.05, 3.63) is 0 Å². The summed E-state index contributed by atoms with van der Waals surface area (Å²) in [6, 6.07) is 0. The quantitative estimate of drug-likeness (QED) is 0.0222. The first kappa shape index (κ1) is 96.1. The Hall–Kier alpha value is -1.94. The van der Waals surface area contributed by atoms with E-state index in [-0.39, 0.29) is 25.7 Å². The van der Waals surface area contributed by atoms with E-state index in [4.69, 9.17) is 37.0 Å². The normalized spacial score (nSPS) is 14.3. The van der Waals surface area contributed by atoms with Crippen LogP contribution in [0.1, 0.15) is 408 Å². The minimum absolute atomic E-state index is 0.104. The Bertz CT molecular complexity index is 1910. The topological polar surface area (TPSA) is 237 Å². The fourth-order valence-electron chi connectivity index (χ4n) is 12.1. The molecule has 0 aromatic carbocycles. The van der Waals surface area contributed by atoms with Crippen LogP contribution in [0, 0.1) is 17.8 Å². The maximum atomic E-state index is 13.1. The van der Waals surface area contributed by atoms with Crippen LogP contribution < -0.4 is 0 Å². The molecule has 6 atom stereocenters. The molecular weight excluding hydrogens is 1280 g/mol. The van der Waals surface area contributed by atoms with Gasteiger partial charge in [0.15, 0.2) is 12.2 Å². The van der Waals surface area contributed by atoms with Crippen LogP contribution in [0.2, 0.25) is 0 Å². The first-order valence-electron chi connectivity index (χ1n) is 40.9. The third-order valence-electron chi connectivity index (χ3n) is 18.7. The molecule has 3 unspecified atom stereocenters. The molecule has 0 saturated carbocycles. The van der Waals surface area contributed by atoms with Gasteiger partial charge in [-0.05, 0) is 43.4 Å². The van der Waals surface area contributed by atoms with Crippen LogP contribution >= 0.6 is 15.6 Å². The molecule has 582 valence electrons. The van der Waals surface area contributed by atoms with E-state index in [1.165, 1.54) is 218 Å². The van der Waals surface area contributed by atoms with Crippen LogP contribution in [-0.2, 0) is 65.4 Å². The van der Waals surface area contributed by atoms with Gasteiger partial charge in [-0.25, -0.2) is 9.13 Å².